The molecule has 1 fully saturated rings. The number of piperidine rings is 1. The number of likely N-dealkylation sites (tertiary alicyclic amines) is 1. The number of carbonyl (C=O) groups excluding carboxylic acids is 1. The number of anilines is 1. The Balaban J connectivity index is 1.18. The number of nitrogens with zero attached hydrogens (tertiary/aromatic N) is 2. The molecule has 2 aromatic carbocycles. The van der Waals surface area contributed by atoms with Gasteiger partial charge in [-0.2, -0.15) is 0 Å². The lowest BCUT2D eigenvalue weighted by Crippen LogP contribution is -2.33. The number of carbonyl (C=O) groups is 1. The predicted molar refractivity (Wildman–Crippen MR) is 109 cm³/mol. The van der Waals surface area contributed by atoms with E-state index in [4.69, 9.17) is 4.52 Å². The molecule has 0 unspecified atom stereocenters. The van der Waals surface area contributed by atoms with E-state index in [1.807, 2.05) is 12.1 Å². The van der Waals surface area contributed by atoms with Gasteiger partial charge in [-0.1, -0.05) is 35.5 Å². The Labute approximate surface area is 164 Å². The van der Waals surface area contributed by atoms with Crippen molar-refractivity contribution in [3.63, 3.8) is 0 Å². The van der Waals surface area contributed by atoms with Gasteiger partial charge in [-0.3, -0.25) is 9.69 Å². The maximum atomic E-state index is 11.7. The van der Waals surface area contributed by atoms with Crippen LogP contribution in [0, 0.1) is 5.92 Å². The van der Waals surface area contributed by atoms with Gasteiger partial charge < -0.3 is 9.84 Å². The van der Waals surface area contributed by atoms with E-state index in [0.29, 0.717) is 6.42 Å². The van der Waals surface area contributed by atoms with Gasteiger partial charge in [-0.05, 0) is 56.0 Å². The minimum atomic E-state index is 0.0364. The molecule has 0 atom stereocenters. The molecule has 1 saturated heterocycles. The second-order valence-electron chi connectivity index (χ2n) is 8.06. The van der Waals surface area contributed by atoms with Crippen LogP contribution in [0.2, 0.25) is 0 Å². The molecule has 3 aromatic rings. The zero-order valence-electron chi connectivity index (χ0n) is 16.0. The van der Waals surface area contributed by atoms with Crippen LogP contribution in [0.3, 0.4) is 0 Å². The molecule has 0 radical (unpaired) electrons. The smallest absolute Gasteiger partial charge is 0.228 e. The van der Waals surface area contributed by atoms with E-state index in [1.165, 1.54) is 18.4 Å². The lowest BCUT2D eigenvalue weighted by atomic mass is 9.91. The van der Waals surface area contributed by atoms with Crippen molar-refractivity contribution in [3.8, 4) is 0 Å². The first-order chi connectivity index (χ1) is 13.8. The number of aromatic nitrogens is 1. The lowest BCUT2D eigenvalue weighted by Gasteiger charge is -2.31. The summed E-state index contributed by atoms with van der Waals surface area (Å²) in [6.45, 7) is 3.38. The highest BCUT2D eigenvalue weighted by Gasteiger charge is 2.24. The molecular weight excluding hydrogens is 350 g/mol. The van der Waals surface area contributed by atoms with E-state index >= 15 is 0 Å². The Morgan fingerprint density at radius 3 is 2.75 bits per heavy atom. The third kappa shape index (κ3) is 3.42. The van der Waals surface area contributed by atoms with E-state index in [0.717, 1.165) is 66.3 Å². The average Bonchev–Trinajstić information content (AvgIpc) is 3.30. The van der Waals surface area contributed by atoms with Crippen LogP contribution >= 0.6 is 0 Å². The summed E-state index contributed by atoms with van der Waals surface area (Å²) < 4.78 is 5.67. The van der Waals surface area contributed by atoms with E-state index in [1.54, 1.807) is 0 Å². The summed E-state index contributed by atoms with van der Waals surface area (Å²) in [4.78, 5) is 14.2. The molecule has 28 heavy (non-hydrogen) atoms. The Kier molecular flexibility index (Phi) is 4.61. The van der Waals surface area contributed by atoms with Crippen molar-refractivity contribution in [1.82, 2.24) is 10.1 Å². The van der Waals surface area contributed by atoms with Gasteiger partial charge in [0.1, 0.15) is 11.3 Å². The summed E-state index contributed by atoms with van der Waals surface area (Å²) in [6, 6.07) is 14.7. The number of hydrogen-bond donors (Lipinski definition) is 1. The second kappa shape index (κ2) is 7.40. The number of rotatable bonds is 5. The highest BCUT2D eigenvalue weighted by Crippen LogP contribution is 2.33. The molecule has 0 aliphatic carbocycles. The van der Waals surface area contributed by atoms with Gasteiger partial charge in [-0.25, -0.2) is 0 Å². The van der Waals surface area contributed by atoms with Crippen molar-refractivity contribution in [1.29, 1.82) is 0 Å². The lowest BCUT2D eigenvalue weighted by molar-refractivity contribution is -0.115. The largest absolute Gasteiger partial charge is 0.360 e. The topological polar surface area (TPSA) is 58.4 Å². The highest BCUT2D eigenvalue weighted by atomic mass is 16.5. The first kappa shape index (κ1) is 17.4. The van der Waals surface area contributed by atoms with Crippen LogP contribution in [-0.2, 0) is 24.2 Å². The van der Waals surface area contributed by atoms with Crippen LogP contribution in [0.4, 0.5) is 5.69 Å². The fraction of sp³-hybridized carbons (Fsp3) is 0.391. The molecule has 0 spiro atoms. The number of nitrogens with one attached hydrogen (secondary N) is 1. The minimum Gasteiger partial charge on any atom is -0.360 e. The molecular formula is C23H25N3O2. The maximum Gasteiger partial charge on any atom is 0.228 e. The highest BCUT2D eigenvalue weighted by molar-refractivity contribution is 6.05. The molecule has 5 rings (SSSR count). The minimum absolute atomic E-state index is 0.0364. The molecule has 3 heterocycles. The van der Waals surface area contributed by atoms with Gasteiger partial charge in [0.05, 0.1) is 6.42 Å². The molecule has 1 amide bonds. The molecule has 5 nitrogen and oxygen atoms in total. The molecule has 1 aromatic heterocycles. The van der Waals surface area contributed by atoms with Gasteiger partial charge in [0.2, 0.25) is 5.91 Å². The summed E-state index contributed by atoms with van der Waals surface area (Å²) in [5.74, 6) is 1.74. The second-order valence-corrected chi connectivity index (χ2v) is 8.06. The summed E-state index contributed by atoms with van der Waals surface area (Å²) in [5.41, 5.74) is 4.10. The zero-order valence-corrected chi connectivity index (χ0v) is 16.0. The number of hydrogen-bond acceptors (Lipinski definition) is 4. The third-order valence-corrected chi connectivity index (χ3v) is 6.18. The Hall–Kier alpha value is -2.66. The predicted octanol–water partition coefficient (Wildman–Crippen LogP) is 4.17. The quantitative estimate of drug-likeness (QED) is 0.727. The van der Waals surface area contributed by atoms with Crippen LogP contribution < -0.4 is 5.32 Å². The monoisotopic (exact) mass is 375 g/mol. The van der Waals surface area contributed by atoms with E-state index in [2.05, 4.69) is 45.7 Å². The number of aryl methyl sites for hydroxylation is 1. The van der Waals surface area contributed by atoms with E-state index in [-0.39, 0.29) is 5.91 Å². The van der Waals surface area contributed by atoms with Crippen molar-refractivity contribution < 1.29 is 9.32 Å². The fourth-order valence-electron chi connectivity index (χ4n) is 4.56. The summed E-state index contributed by atoms with van der Waals surface area (Å²) in [7, 11) is 0. The van der Waals surface area contributed by atoms with E-state index in [9.17, 15) is 4.79 Å². The molecule has 1 N–H and O–H groups in total. The number of benzene rings is 2. The Bertz CT molecular complexity index is 988. The van der Waals surface area contributed by atoms with Crippen LogP contribution in [0.5, 0.6) is 0 Å². The standard InChI is InChI=1S/C23H25N3O2/c27-22-14-19-20(24-22)8-7-18-21(28-25-23(18)19)9-6-16-10-12-26(13-11-16)15-17-4-2-1-3-5-17/h1-5,7-8,16H,6,9-15H2,(H,24,27). The van der Waals surface area contributed by atoms with Gasteiger partial charge in [0, 0.05) is 29.6 Å². The molecule has 144 valence electrons. The molecule has 0 bridgehead atoms. The van der Waals surface area contributed by atoms with Gasteiger partial charge >= 0.3 is 0 Å². The average molecular weight is 375 g/mol. The molecule has 2 aliphatic heterocycles. The zero-order chi connectivity index (χ0) is 18.9. The van der Waals surface area contributed by atoms with Crippen molar-refractivity contribution >= 4 is 22.5 Å². The summed E-state index contributed by atoms with van der Waals surface area (Å²) in [6.07, 6.45) is 4.94. The van der Waals surface area contributed by atoms with Crippen molar-refractivity contribution in [3.05, 3.63) is 59.4 Å². The maximum absolute atomic E-state index is 11.7. The van der Waals surface area contributed by atoms with Gasteiger partial charge in [0.15, 0.2) is 0 Å². The fourth-order valence-corrected chi connectivity index (χ4v) is 4.56. The van der Waals surface area contributed by atoms with Crippen LogP contribution in [0.15, 0.2) is 47.0 Å². The van der Waals surface area contributed by atoms with Crippen LogP contribution in [0.25, 0.3) is 10.9 Å². The first-order valence-corrected chi connectivity index (χ1v) is 10.2. The molecule has 0 saturated carbocycles. The van der Waals surface area contributed by atoms with Gasteiger partial charge in [-0.15, -0.1) is 0 Å². The normalized spacial score (nSPS) is 17.8. The number of amides is 1. The van der Waals surface area contributed by atoms with E-state index < -0.39 is 0 Å². The first-order valence-electron chi connectivity index (χ1n) is 10.2. The van der Waals surface area contributed by atoms with Crippen LogP contribution in [-0.4, -0.2) is 29.1 Å². The Morgan fingerprint density at radius 2 is 1.93 bits per heavy atom. The molecule has 2 aliphatic rings. The number of fused-ring (bicyclic) bond motifs is 3. The van der Waals surface area contributed by atoms with Gasteiger partial charge in [0.25, 0.3) is 0 Å². The summed E-state index contributed by atoms with van der Waals surface area (Å²) in [5, 5.41) is 8.22. The van der Waals surface area contributed by atoms with Crippen molar-refractivity contribution in [2.75, 3.05) is 18.4 Å². The van der Waals surface area contributed by atoms with Crippen LogP contribution in [0.1, 0.15) is 36.1 Å². The third-order valence-electron chi connectivity index (χ3n) is 6.18. The Morgan fingerprint density at radius 1 is 1.11 bits per heavy atom. The van der Waals surface area contributed by atoms with Crippen molar-refractivity contribution in [2.24, 2.45) is 5.92 Å². The SMILES string of the molecule is O=C1Cc2c(ccc3c(CCC4CCN(Cc5ccccc5)CC4)onc23)N1. The molecule has 5 heteroatoms. The van der Waals surface area contributed by atoms with Crippen molar-refractivity contribution in [2.45, 2.75) is 38.6 Å². The summed E-state index contributed by atoms with van der Waals surface area (Å²) >= 11 is 0.